The molecule has 2 aliphatic carbocycles. The number of rotatable bonds is 3. The van der Waals surface area contributed by atoms with Crippen LogP contribution in [0.5, 0.6) is 0 Å². The Balaban J connectivity index is 1.89. The lowest BCUT2D eigenvalue weighted by atomic mass is 9.77. The quantitative estimate of drug-likeness (QED) is 0.825. The highest BCUT2D eigenvalue weighted by molar-refractivity contribution is 5.79. The number of hydrogen-bond donors (Lipinski definition) is 2. The van der Waals surface area contributed by atoms with Crippen molar-refractivity contribution in [1.29, 1.82) is 0 Å². The van der Waals surface area contributed by atoms with Crippen LogP contribution in [-0.4, -0.2) is 18.0 Å². The van der Waals surface area contributed by atoms with Crippen LogP contribution in [0, 0.1) is 17.8 Å². The third kappa shape index (κ3) is 3.71. The number of carbonyl (C=O) groups is 1. The van der Waals surface area contributed by atoms with Crippen LogP contribution < -0.4 is 11.1 Å². The van der Waals surface area contributed by atoms with Crippen LogP contribution in [0.15, 0.2) is 0 Å². The van der Waals surface area contributed by atoms with E-state index in [9.17, 15) is 4.79 Å². The van der Waals surface area contributed by atoms with E-state index < -0.39 is 0 Å². The number of nitrogens with one attached hydrogen (secondary N) is 1. The van der Waals surface area contributed by atoms with Crippen molar-refractivity contribution in [3.8, 4) is 0 Å². The van der Waals surface area contributed by atoms with Crippen LogP contribution in [-0.2, 0) is 4.79 Å². The maximum Gasteiger partial charge on any atom is 0.223 e. The van der Waals surface area contributed by atoms with Crippen LogP contribution in [0.4, 0.5) is 0 Å². The van der Waals surface area contributed by atoms with E-state index in [-0.39, 0.29) is 5.92 Å². The molecule has 0 spiro atoms. The molecule has 0 aliphatic heterocycles. The second kappa shape index (κ2) is 6.74. The van der Waals surface area contributed by atoms with Crippen LogP contribution in [0.1, 0.15) is 65.2 Å². The summed E-state index contributed by atoms with van der Waals surface area (Å²) in [5.74, 6) is 1.62. The minimum atomic E-state index is 0.194. The fourth-order valence-corrected chi connectivity index (χ4v) is 4.00. The third-order valence-corrected chi connectivity index (χ3v) is 5.31. The third-order valence-electron chi connectivity index (χ3n) is 5.31. The average molecular weight is 266 g/mol. The van der Waals surface area contributed by atoms with E-state index in [1.165, 1.54) is 32.1 Å². The first-order chi connectivity index (χ1) is 9.11. The Hall–Kier alpha value is -0.570. The first kappa shape index (κ1) is 14.8. The summed E-state index contributed by atoms with van der Waals surface area (Å²) in [6.45, 7) is 4.43. The minimum Gasteiger partial charge on any atom is -0.353 e. The van der Waals surface area contributed by atoms with Crippen LogP contribution in [0.2, 0.25) is 0 Å². The smallest absolute Gasteiger partial charge is 0.223 e. The summed E-state index contributed by atoms with van der Waals surface area (Å²) in [6.07, 6.45) is 9.22. The zero-order valence-electron chi connectivity index (χ0n) is 12.5. The molecule has 0 aromatic carbocycles. The number of amides is 1. The number of hydrogen-bond acceptors (Lipinski definition) is 2. The Morgan fingerprint density at radius 3 is 2.63 bits per heavy atom. The maximum atomic E-state index is 12.5. The van der Waals surface area contributed by atoms with E-state index in [1.54, 1.807) is 0 Å². The van der Waals surface area contributed by atoms with Gasteiger partial charge in [-0.05, 0) is 43.9 Å². The molecule has 5 unspecified atom stereocenters. The van der Waals surface area contributed by atoms with Gasteiger partial charge in [0, 0.05) is 18.0 Å². The molecule has 0 aromatic rings. The fraction of sp³-hybridized carbons (Fsp3) is 0.938. The van der Waals surface area contributed by atoms with Gasteiger partial charge in [-0.3, -0.25) is 4.79 Å². The molecule has 2 saturated carbocycles. The summed E-state index contributed by atoms with van der Waals surface area (Å²) in [7, 11) is 0. The van der Waals surface area contributed by atoms with Gasteiger partial charge in [-0.15, -0.1) is 0 Å². The molecular weight excluding hydrogens is 236 g/mol. The zero-order valence-corrected chi connectivity index (χ0v) is 12.5. The first-order valence-electron chi connectivity index (χ1n) is 8.17. The van der Waals surface area contributed by atoms with Gasteiger partial charge in [0.2, 0.25) is 5.91 Å². The SMILES string of the molecule is CCC1CCCCC1NC(=O)C1CCC(N)CC1C. The van der Waals surface area contributed by atoms with Crippen molar-refractivity contribution in [1.82, 2.24) is 5.32 Å². The monoisotopic (exact) mass is 266 g/mol. The van der Waals surface area contributed by atoms with Gasteiger partial charge in [-0.1, -0.05) is 33.1 Å². The van der Waals surface area contributed by atoms with E-state index >= 15 is 0 Å². The van der Waals surface area contributed by atoms with Crippen molar-refractivity contribution in [2.75, 3.05) is 0 Å². The Labute approximate surface area is 117 Å². The standard InChI is InChI=1S/C16H30N2O/c1-3-12-6-4-5-7-15(12)18-16(19)14-9-8-13(17)10-11(14)2/h11-15H,3-10,17H2,1-2H3,(H,18,19). The van der Waals surface area contributed by atoms with Gasteiger partial charge >= 0.3 is 0 Å². The highest BCUT2D eigenvalue weighted by Gasteiger charge is 2.33. The summed E-state index contributed by atoms with van der Waals surface area (Å²) in [5, 5.41) is 3.36. The van der Waals surface area contributed by atoms with E-state index in [2.05, 4.69) is 19.2 Å². The average Bonchev–Trinajstić information content (AvgIpc) is 2.39. The summed E-state index contributed by atoms with van der Waals surface area (Å²) in [6, 6.07) is 0.728. The van der Waals surface area contributed by atoms with Crippen molar-refractivity contribution >= 4 is 5.91 Å². The minimum absolute atomic E-state index is 0.194. The molecule has 3 heteroatoms. The molecule has 0 saturated heterocycles. The van der Waals surface area contributed by atoms with Crippen molar-refractivity contribution < 1.29 is 4.79 Å². The van der Waals surface area contributed by atoms with Gasteiger partial charge < -0.3 is 11.1 Å². The highest BCUT2D eigenvalue weighted by atomic mass is 16.2. The molecule has 0 heterocycles. The number of carbonyl (C=O) groups excluding carboxylic acids is 1. The molecule has 0 bridgehead atoms. The normalized spacial score (nSPS) is 39.8. The van der Waals surface area contributed by atoms with Crippen LogP contribution in [0.3, 0.4) is 0 Å². The van der Waals surface area contributed by atoms with Crippen molar-refractivity contribution in [3.05, 3.63) is 0 Å². The second-order valence-corrected chi connectivity index (χ2v) is 6.72. The first-order valence-corrected chi connectivity index (χ1v) is 8.17. The summed E-state index contributed by atoms with van der Waals surface area (Å²) in [4.78, 5) is 12.5. The molecule has 19 heavy (non-hydrogen) atoms. The molecule has 2 aliphatic rings. The molecule has 3 N–H and O–H groups in total. The second-order valence-electron chi connectivity index (χ2n) is 6.72. The fourth-order valence-electron chi connectivity index (χ4n) is 4.00. The van der Waals surface area contributed by atoms with Gasteiger partial charge in [-0.25, -0.2) is 0 Å². The number of nitrogens with two attached hydrogens (primary N) is 1. The predicted molar refractivity (Wildman–Crippen MR) is 78.7 cm³/mol. The van der Waals surface area contributed by atoms with Crippen molar-refractivity contribution in [2.45, 2.75) is 77.3 Å². The van der Waals surface area contributed by atoms with E-state index in [1.807, 2.05) is 0 Å². The van der Waals surface area contributed by atoms with Gasteiger partial charge in [0.1, 0.15) is 0 Å². The Kier molecular flexibility index (Phi) is 5.26. The van der Waals surface area contributed by atoms with Crippen molar-refractivity contribution in [2.24, 2.45) is 23.5 Å². The molecule has 1 amide bonds. The predicted octanol–water partition coefficient (Wildman–Crippen LogP) is 2.83. The molecule has 110 valence electrons. The summed E-state index contributed by atoms with van der Waals surface area (Å²) < 4.78 is 0. The molecule has 0 radical (unpaired) electrons. The lowest BCUT2D eigenvalue weighted by molar-refractivity contribution is -0.129. The van der Waals surface area contributed by atoms with Gasteiger partial charge in [0.05, 0.1) is 0 Å². The topological polar surface area (TPSA) is 55.1 Å². The largest absolute Gasteiger partial charge is 0.353 e. The molecule has 2 rings (SSSR count). The van der Waals surface area contributed by atoms with Gasteiger partial charge in [-0.2, -0.15) is 0 Å². The molecule has 0 aromatic heterocycles. The highest BCUT2D eigenvalue weighted by Crippen LogP contribution is 2.31. The summed E-state index contributed by atoms with van der Waals surface area (Å²) >= 11 is 0. The Bertz CT molecular complexity index is 305. The van der Waals surface area contributed by atoms with Crippen molar-refractivity contribution in [3.63, 3.8) is 0 Å². The Morgan fingerprint density at radius 2 is 1.95 bits per heavy atom. The summed E-state index contributed by atoms with van der Waals surface area (Å²) in [5.41, 5.74) is 5.98. The molecule has 5 atom stereocenters. The lowest BCUT2D eigenvalue weighted by Crippen LogP contribution is -2.47. The Morgan fingerprint density at radius 1 is 1.21 bits per heavy atom. The zero-order chi connectivity index (χ0) is 13.8. The van der Waals surface area contributed by atoms with Crippen LogP contribution >= 0.6 is 0 Å². The van der Waals surface area contributed by atoms with Gasteiger partial charge in [0.25, 0.3) is 0 Å². The van der Waals surface area contributed by atoms with E-state index in [0.717, 1.165) is 19.3 Å². The molecular formula is C16H30N2O. The molecule has 2 fully saturated rings. The molecule has 3 nitrogen and oxygen atoms in total. The lowest BCUT2D eigenvalue weighted by Gasteiger charge is -2.36. The van der Waals surface area contributed by atoms with Gasteiger partial charge in [0.15, 0.2) is 0 Å². The van der Waals surface area contributed by atoms with Crippen LogP contribution in [0.25, 0.3) is 0 Å². The van der Waals surface area contributed by atoms with E-state index in [4.69, 9.17) is 5.73 Å². The van der Waals surface area contributed by atoms with E-state index in [0.29, 0.717) is 29.8 Å². The maximum absolute atomic E-state index is 12.5.